The SMILES string of the molecule is CO[C@H]1O[C@H](COCc2ccc(Cl)cc2)[C@@H](OCc2ccc(Cl)cc2)[C@H]1CO. The normalized spacial score (nSPS) is 24.6. The molecule has 0 amide bonds. The minimum absolute atomic E-state index is 0.0997. The van der Waals surface area contributed by atoms with E-state index in [4.69, 9.17) is 42.1 Å². The number of aliphatic hydroxyl groups excluding tert-OH is 1. The second-order valence-corrected chi connectivity index (χ2v) is 7.54. The molecule has 0 bridgehead atoms. The van der Waals surface area contributed by atoms with Crippen LogP contribution in [0.15, 0.2) is 48.5 Å². The van der Waals surface area contributed by atoms with E-state index in [1.54, 1.807) is 7.11 Å². The van der Waals surface area contributed by atoms with E-state index in [0.717, 1.165) is 11.1 Å². The van der Waals surface area contributed by atoms with Crippen LogP contribution in [-0.4, -0.2) is 43.9 Å². The molecule has 5 nitrogen and oxygen atoms in total. The topological polar surface area (TPSA) is 57.2 Å². The predicted octanol–water partition coefficient (Wildman–Crippen LogP) is 4.08. The number of ether oxygens (including phenoxy) is 4. The average molecular weight is 427 g/mol. The summed E-state index contributed by atoms with van der Waals surface area (Å²) >= 11 is 11.8. The van der Waals surface area contributed by atoms with Crippen molar-refractivity contribution in [1.29, 1.82) is 0 Å². The fraction of sp³-hybridized carbons (Fsp3) is 0.429. The van der Waals surface area contributed by atoms with Gasteiger partial charge in [-0.3, -0.25) is 0 Å². The van der Waals surface area contributed by atoms with Crippen molar-refractivity contribution in [2.24, 2.45) is 5.92 Å². The zero-order valence-electron chi connectivity index (χ0n) is 15.6. The molecule has 1 saturated heterocycles. The Kier molecular flexibility index (Phi) is 8.11. The average Bonchev–Trinajstić information content (AvgIpc) is 3.05. The first kappa shape index (κ1) is 21.5. The molecule has 1 N–H and O–H groups in total. The summed E-state index contributed by atoms with van der Waals surface area (Å²) in [5.41, 5.74) is 2.01. The fourth-order valence-electron chi connectivity index (χ4n) is 3.21. The van der Waals surface area contributed by atoms with Crippen molar-refractivity contribution in [3.8, 4) is 0 Å². The lowest BCUT2D eigenvalue weighted by Gasteiger charge is -2.22. The van der Waals surface area contributed by atoms with E-state index in [-0.39, 0.29) is 24.7 Å². The minimum atomic E-state index is -0.538. The number of halogens is 2. The summed E-state index contributed by atoms with van der Waals surface area (Å²) in [5, 5.41) is 11.2. The van der Waals surface area contributed by atoms with Gasteiger partial charge in [-0.05, 0) is 35.4 Å². The second kappa shape index (κ2) is 10.6. The summed E-state index contributed by atoms with van der Waals surface area (Å²) in [6.45, 7) is 1.04. The highest BCUT2D eigenvalue weighted by atomic mass is 35.5. The van der Waals surface area contributed by atoms with Crippen LogP contribution in [0.25, 0.3) is 0 Å². The molecular formula is C21H24Cl2O5. The molecule has 7 heteroatoms. The van der Waals surface area contributed by atoms with Crippen LogP contribution in [0.4, 0.5) is 0 Å². The Morgan fingerprint density at radius 2 is 1.50 bits per heavy atom. The van der Waals surface area contributed by atoms with Gasteiger partial charge in [0.2, 0.25) is 0 Å². The predicted molar refractivity (Wildman–Crippen MR) is 107 cm³/mol. The van der Waals surface area contributed by atoms with Crippen molar-refractivity contribution in [3.05, 3.63) is 69.7 Å². The van der Waals surface area contributed by atoms with E-state index in [1.807, 2.05) is 48.5 Å². The summed E-state index contributed by atoms with van der Waals surface area (Å²) in [6, 6.07) is 14.9. The molecule has 152 valence electrons. The third kappa shape index (κ3) is 5.67. The van der Waals surface area contributed by atoms with Gasteiger partial charge in [0.15, 0.2) is 6.29 Å². The maximum atomic E-state index is 9.81. The van der Waals surface area contributed by atoms with Gasteiger partial charge in [-0.15, -0.1) is 0 Å². The Bertz CT molecular complexity index is 723. The largest absolute Gasteiger partial charge is 0.396 e. The monoisotopic (exact) mass is 426 g/mol. The van der Waals surface area contributed by atoms with Gasteiger partial charge in [0, 0.05) is 17.2 Å². The van der Waals surface area contributed by atoms with Crippen molar-refractivity contribution in [2.75, 3.05) is 20.3 Å². The van der Waals surface area contributed by atoms with Crippen molar-refractivity contribution in [2.45, 2.75) is 31.7 Å². The lowest BCUT2D eigenvalue weighted by Crippen LogP contribution is -2.35. The maximum absolute atomic E-state index is 9.81. The Labute approximate surface area is 175 Å². The maximum Gasteiger partial charge on any atom is 0.165 e. The highest BCUT2D eigenvalue weighted by Crippen LogP contribution is 2.31. The van der Waals surface area contributed by atoms with Crippen LogP contribution in [0.5, 0.6) is 0 Å². The van der Waals surface area contributed by atoms with Gasteiger partial charge < -0.3 is 24.1 Å². The van der Waals surface area contributed by atoms with Crippen LogP contribution in [0.3, 0.4) is 0 Å². The summed E-state index contributed by atoms with van der Waals surface area (Å²) in [7, 11) is 1.56. The quantitative estimate of drug-likeness (QED) is 0.654. The first-order valence-electron chi connectivity index (χ1n) is 9.08. The standard InChI is InChI=1S/C21H24Cl2O5/c1-25-21-18(10-24)20(27-12-15-4-8-17(23)9-5-15)19(28-21)13-26-11-14-2-6-16(22)7-3-14/h2-9,18-21,24H,10-13H2,1H3/t18-,19-,20+,21+/m1/s1. The van der Waals surface area contributed by atoms with E-state index in [0.29, 0.717) is 29.9 Å². The van der Waals surface area contributed by atoms with Crippen LogP contribution >= 0.6 is 23.2 Å². The van der Waals surface area contributed by atoms with Crippen LogP contribution in [-0.2, 0) is 32.2 Å². The van der Waals surface area contributed by atoms with E-state index >= 15 is 0 Å². The van der Waals surface area contributed by atoms with Gasteiger partial charge in [-0.1, -0.05) is 47.5 Å². The molecule has 2 aromatic rings. The molecule has 0 saturated carbocycles. The number of methoxy groups -OCH3 is 1. The van der Waals surface area contributed by atoms with Gasteiger partial charge in [0.1, 0.15) is 6.10 Å². The highest BCUT2D eigenvalue weighted by molar-refractivity contribution is 6.30. The molecule has 1 heterocycles. The molecule has 0 radical (unpaired) electrons. The van der Waals surface area contributed by atoms with Crippen molar-refractivity contribution >= 4 is 23.2 Å². The summed E-state index contributed by atoms with van der Waals surface area (Å²) in [5.74, 6) is -0.290. The molecule has 2 aromatic carbocycles. The van der Waals surface area contributed by atoms with Gasteiger partial charge in [0.25, 0.3) is 0 Å². The lowest BCUT2D eigenvalue weighted by molar-refractivity contribution is -0.148. The van der Waals surface area contributed by atoms with Crippen molar-refractivity contribution < 1.29 is 24.1 Å². The van der Waals surface area contributed by atoms with Gasteiger partial charge in [-0.25, -0.2) is 0 Å². The lowest BCUT2D eigenvalue weighted by atomic mass is 10.0. The van der Waals surface area contributed by atoms with E-state index in [9.17, 15) is 5.11 Å². The number of benzene rings is 2. The summed E-state index contributed by atoms with van der Waals surface area (Å²) < 4.78 is 23.2. The molecule has 4 atom stereocenters. The first-order valence-corrected chi connectivity index (χ1v) is 9.83. The number of rotatable bonds is 9. The molecule has 0 unspecified atom stereocenters. The minimum Gasteiger partial charge on any atom is -0.396 e. The molecule has 0 aromatic heterocycles. The van der Waals surface area contributed by atoms with Crippen LogP contribution in [0.2, 0.25) is 10.0 Å². The Balaban J connectivity index is 1.59. The fourth-order valence-corrected chi connectivity index (χ4v) is 3.47. The molecule has 1 aliphatic rings. The molecule has 0 aliphatic carbocycles. The van der Waals surface area contributed by atoms with E-state index < -0.39 is 6.29 Å². The zero-order valence-corrected chi connectivity index (χ0v) is 17.1. The third-order valence-electron chi connectivity index (χ3n) is 4.71. The molecular weight excluding hydrogens is 403 g/mol. The number of hydrogen-bond acceptors (Lipinski definition) is 5. The third-order valence-corrected chi connectivity index (χ3v) is 5.21. The van der Waals surface area contributed by atoms with Crippen LogP contribution < -0.4 is 0 Å². The van der Waals surface area contributed by atoms with Gasteiger partial charge >= 0.3 is 0 Å². The Morgan fingerprint density at radius 1 is 0.929 bits per heavy atom. The van der Waals surface area contributed by atoms with Gasteiger partial charge in [-0.2, -0.15) is 0 Å². The van der Waals surface area contributed by atoms with E-state index in [2.05, 4.69) is 0 Å². The first-order chi connectivity index (χ1) is 13.6. The number of aliphatic hydroxyl groups is 1. The Hall–Kier alpha value is -1.18. The molecule has 1 aliphatic heterocycles. The van der Waals surface area contributed by atoms with Gasteiger partial charge in [0.05, 0.1) is 38.4 Å². The van der Waals surface area contributed by atoms with Crippen LogP contribution in [0.1, 0.15) is 11.1 Å². The second-order valence-electron chi connectivity index (χ2n) is 6.67. The zero-order chi connectivity index (χ0) is 19.9. The van der Waals surface area contributed by atoms with Crippen molar-refractivity contribution in [1.82, 2.24) is 0 Å². The molecule has 1 fully saturated rings. The molecule has 3 rings (SSSR count). The number of hydrogen-bond donors (Lipinski definition) is 1. The molecule has 0 spiro atoms. The highest BCUT2D eigenvalue weighted by Gasteiger charge is 2.45. The summed E-state index contributed by atoms with van der Waals surface area (Å²) in [6.07, 6.45) is -1.23. The van der Waals surface area contributed by atoms with Crippen LogP contribution in [0, 0.1) is 5.92 Å². The van der Waals surface area contributed by atoms with Crippen molar-refractivity contribution in [3.63, 3.8) is 0 Å². The molecule has 28 heavy (non-hydrogen) atoms. The van der Waals surface area contributed by atoms with E-state index in [1.165, 1.54) is 0 Å². The summed E-state index contributed by atoms with van der Waals surface area (Å²) in [4.78, 5) is 0. The Morgan fingerprint density at radius 3 is 2.04 bits per heavy atom. The smallest absolute Gasteiger partial charge is 0.165 e.